The second-order valence-electron chi connectivity index (χ2n) is 5.21. The van der Waals surface area contributed by atoms with Crippen molar-refractivity contribution in [3.05, 3.63) is 42.1 Å². The number of amides is 1. The minimum absolute atomic E-state index is 0.0185. The van der Waals surface area contributed by atoms with Gasteiger partial charge in [-0.2, -0.15) is 0 Å². The zero-order chi connectivity index (χ0) is 13.8. The van der Waals surface area contributed by atoms with Gasteiger partial charge in [0.1, 0.15) is 0 Å². The van der Waals surface area contributed by atoms with E-state index in [-0.39, 0.29) is 5.91 Å². The molecule has 1 aliphatic rings. The molecule has 0 saturated heterocycles. The van der Waals surface area contributed by atoms with Gasteiger partial charge in [0.05, 0.1) is 11.1 Å². The summed E-state index contributed by atoms with van der Waals surface area (Å²) in [6.07, 6.45) is 5.25. The number of benzene rings is 1. The third-order valence-electron chi connectivity index (χ3n) is 3.54. The van der Waals surface area contributed by atoms with Crippen molar-refractivity contribution < 1.29 is 4.79 Å². The van der Waals surface area contributed by atoms with Crippen molar-refractivity contribution in [2.45, 2.75) is 25.3 Å². The molecular formula is C16H19N3O. The summed E-state index contributed by atoms with van der Waals surface area (Å²) in [6.45, 7) is 1.68. The number of hydrogen-bond acceptors (Lipinski definition) is 3. The first-order valence-electron chi connectivity index (χ1n) is 7.20. The van der Waals surface area contributed by atoms with Crippen LogP contribution in [-0.2, 0) is 0 Å². The molecule has 1 aromatic carbocycles. The Morgan fingerprint density at radius 2 is 2.05 bits per heavy atom. The van der Waals surface area contributed by atoms with E-state index in [1.54, 1.807) is 12.3 Å². The first kappa shape index (κ1) is 13.1. The summed E-state index contributed by atoms with van der Waals surface area (Å²) in [5.74, 6) is -0.0185. The lowest BCUT2D eigenvalue weighted by molar-refractivity contribution is 0.0955. The molecule has 0 unspecified atom stereocenters. The number of nitrogens with one attached hydrogen (secondary N) is 2. The molecule has 0 spiro atoms. The standard InChI is InChI=1S/C16H19N3O/c20-16(19-10-3-9-17-12-6-7-12)14-8-11-18-15-5-2-1-4-13(14)15/h1-2,4-5,8,11-12,17H,3,6-7,9-10H2,(H,19,20). The Labute approximate surface area is 118 Å². The molecule has 2 aromatic rings. The summed E-state index contributed by atoms with van der Waals surface area (Å²) in [5, 5.41) is 7.32. The topological polar surface area (TPSA) is 54.0 Å². The zero-order valence-corrected chi connectivity index (χ0v) is 11.4. The van der Waals surface area contributed by atoms with Crippen LogP contribution >= 0.6 is 0 Å². The van der Waals surface area contributed by atoms with E-state index in [0.29, 0.717) is 12.1 Å². The van der Waals surface area contributed by atoms with E-state index in [2.05, 4.69) is 15.6 Å². The van der Waals surface area contributed by atoms with E-state index in [9.17, 15) is 4.79 Å². The van der Waals surface area contributed by atoms with E-state index in [4.69, 9.17) is 0 Å². The van der Waals surface area contributed by atoms with Crippen molar-refractivity contribution >= 4 is 16.8 Å². The molecule has 1 aromatic heterocycles. The van der Waals surface area contributed by atoms with Crippen LogP contribution < -0.4 is 10.6 Å². The minimum atomic E-state index is -0.0185. The fourth-order valence-corrected chi connectivity index (χ4v) is 2.27. The van der Waals surface area contributed by atoms with Crippen molar-refractivity contribution in [1.82, 2.24) is 15.6 Å². The van der Waals surface area contributed by atoms with Gasteiger partial charge in [-0.1, -0.05) is 18.2 Å². The van der Waals surface area contributed by atoms with Gasteiger partial charge in [0, 0.05) is 24.2 Å². The van der Waals surface area contributed by atoms with Crippen molar-refractivity contribution in [3.8, 4) is 0 Å². The maximum atomic E-state index is 12.2. The van der Waals surface area contributed by atoms with Crippen molar-refractivity contribution in [1.29, 1.82) is 0 Å². The van der Waals surface area contributed by atoms with Gasteiger partial charge in [0.25, 0.3) is 5.91 Å². The van der Waals surface area contributed by atoms with Crippen LogP contribution in [0.3, 0.4) is 0 Å². The van der Waals surface area contributed by atoms with Gasteiger partial charge < -0.3 is 10.6 Å². The number of rotatable bonds is 6. The van der Waals surface area contributed by atoms with E-state index in [0.717, 1.165) is 29.9 Å². The molecule has 0 bridgehead atoms. The second kappa shape index (κ2) is 6.01. The Morgan fingerprint density at radius 1 is 1.20 bits per heavy atom. The molecule has 1 heterocycles. The Kier molecular flexibility index (Phi) is 3.92. The number of hydrogen-bond donors (Lipinski definition) is 2. The van der Waals surface area contributed by atoms with E-state index < -0.39 is 0 Å². The molecular weight excluding hydrogens is 250 g/mol. The monoisotopic (exact) mass is 269 g/mol. The maximum Gasteiger partial charge on any atom is 0.252 e. The number of carbonyl (C=O) groups excluding carboxylic acids is 1. The number of para-hydroxylation sites is 1. The second-order valence-corrected chi connectivity index (χ2v) is 5.21. The number of fused-ring (bicyclic) bond motifs is 1. The SMILES string of the molecule is O=C(NCCCNC1CC1)c1ccnc2ccccc12. The summed E-state index contributed by atoms with van der Waals surface area (Å²) in [4.78, 5) is 16.5. The third-order valence-corrected chi connectivity index (χ3v) is 3.54. The largest absolute Gasteiger partial charge is 0.352 e. The van der Waals surface area contributed by atoms with Crippen molar-refractivity contribution in [3.63, 3.8) is 0 Å². The number of carbonyl (C=O) groups is 1. The number of aromatic nitrogens is 1. The molecule has 20 heavy (non-hydrogen) atoms. The lowest BCUT2D eigenvalue weighted by Gasteiger charge is -2.08. The third kappa shape index (κ3) is 3.14. The average molecular weight is 269 g/mol. The predicted molar refractivity (Wildman–Crippen MR) is 79.7 cm³/mol. The Balaban J connectivity index is 1.57. The van der Waals surface area contributed by atoms with E-state index in [1.165, 1.54) is 12.8 Å². The smallest absolute Gasteiger partial charge is 0.252 e. The van der Waals surface area contributed by atoms with Crippen LogP contribution in [0.4, 0.5) is 0 Å². The summed E-state index contributed by atoms with van der Waals surface area (Å²) >= 11 is 0. The first-order chi connectivity index (χ1) is 9.84. The van der Waals surface area contributed by atoms with Gasteiger partial charge >= 0.3 is 0 Å². The fraction of sp³-hybridized carbons (Fsp3) is 0.375. The fourth-order valence-electron chi connectivity index (χ4n) is 2.27. The van der Waals surface area contributed by atoms with Crippen LogP contribution in [0.2, 0.25) is 0 Å². The molecule has 0 aliphatic heterocycles. The molecule has 1 aliphatic carbocycles. The highest BCUT2D eigenvalue weighted by molar-refractivity contribution is 6.05. The summed E-state index contributed by atoms with van der Waals surface area (Å²) in [5.41, 5.74) is 1.56. The van der Waals surface area contributed by atoms with Crippen LogP contribution in [0.5, 0.6) is 0 Å². The maximum absolute atomic E-state index is 12.2. The Bertz CT molecular complexity index is 602. The quantitative estimate of drug-likeness (QED) is 0.790. The number of nitrogens with zero attached hydrogens (tertiary/aromatic N) is 1. The van der Waals surface area contributed by atoms with Gasteiger partial charge in [0.2, 0.25) is 0 Å². The van der Waals surface area contributed by atoms with Crippen LogP contribution in [0.15, 0.2) is 36.5 Å². The molecule has 1 amide bonds. The minimum Gasteiger partial charge on any atom is -0.352 e. The first-order valence-corrected chi connectivity index (χ1v) is 7.20. The van der Waals surface area contributed by atoms with Gasteiger partial charge in [-0.3, -0.25) is 9.78 Å². The van der Waals surface area contributed by atoms with Crippen LogP contribution in [0, 0.1) is 0 Å². The normalized spacial score (nSPS) is 14.4. The molecule has 1 saturated carbocycles. The van der Waals surface area contributed by atoms with Crippen molar-refractivity contribution in [2.24, 2.45) is 0 Å². The van der Waals surface area contributed by atoms with Crippen molar-refractivity contribution in [2.75, 3.05) is 13.1 Å². The van der Waals surface area contributed by atoms with Gasteiger partial charge in [-0.05, 0) is 37.9 Å². The van der Waals surface area contributed by atoms with Crippen LogP contribution in [0.1, 0.15) is 29.6 Å². The Morgan fingerprint density at radius 3 is 2.90 bits per heavy atom. The van der Waals surface area contributed by atoms with Crippen LogP contribution in [-0.4, -0.2) is 30.0 Å². The summed E-state index contributed by atoms with van der Waals surface area (Å²) < 4.78 is 0. The number of pyridine rings is 1. The highest BCUT2D eigenvalue weighted by atomic mass is 16.1. The molecule has 104 valence electrons. The molecule has 1 fully saturated rings. The predicted octanol–water partition coefficient (Wildman–Crippen LogP) is 2.11. The average Bonchev–Trinajstić information content (AvgIpc) is 3.30. The highest BCUT2D eigenvalue weighted by Gasteiger charge is 2.19. The molecule has 2 N–H and O–H groups in total. The molecule has 0 atom stereocenters. The Hall–Kier alpha value is -1.94. The van der Waals surface area contributed by atoms with Gasteiger partial charge in [0.15, 0.2) is 0 Å². The summed E-state index contributed by atoms with van der Waals surface area (Å²) in [7, 11) is 0. The molecule has 3 rings (SSSR count). The molecule has 0 radical (unpaired) electrons. The molecule has 4 heteroatoms. The summed E-state index contributed by atoms with van der Waals surface area (Å²) in [6, 6.07) is 10.2. The van der Waals surface area contributed by atoms with E-state index in [1.807, 2.05) is 24.3 Å². The van der Waals surface area contributed by atoms with Gasteiger partial charge in [-0.25, -0.2) is 0 Å². The highest BCUT2D eigenvalue weighted by Crippen LogP contribution is 2.18. The zero-order valence-electron chi connectivity index (χ0n) is 11.4. The van der Waals surface area contributed by atoms with Gasteiger partial charge in [-0.15, -0.1) is 0 Å². The van der Waals surface area contributed by atoms with Crippen LogP contribution in [0.25, 0.3) is 10.9 Å². The lowest BCUT2D eigenvalue weighted by atomic mass is 10.1. The van der Waals surface area contributed by atoms with E-state index >= 15 is 0 Å². The molecule has 4 nitrogen and oxygen atoms in total. The lowest BCUT2D eigenvalue weighted by Crippen LogP contribution is -2.28.